The SMILES string of the molecule is OB(O)c1nc2c(o1)CCCC2. The van der Waals surface area contributed by atoms with Gasteiger partial charge in [0.05, 0.1) is 5.69 Å². The van der Waals surface area contributed by atoms with E-state index in [1.165, 1.54) is 0 Å². The van der Waals surface area contributed by atoms with Crippen LogP contribution in [0.4, 0.5) is 0 Å². The van der Waals surface area contributed by atoms with E-state index in [9.17, 15) is 0 Å². The predicted molar refractivity (Wildman–Crippen MR) is 43.0 cm³/mol. The predicted octanol–water partition coefficient (Wildman–Crippen LogP) is -0.767. The van der Waals surface area contributed by atoms with E-state index in [0.717, 1.165) is 37.1 Å². The Balaban J connectivity index is 2.32. The topological polar surface area (TPSA) is 66.5 Å². The second kappa shape index (κ2) is 2.92. The number of hydrogen-bond acceptors (Lipinski definition) is 4. The van der Waals surface area contributed by atoms with Crippen LogP contribution in [0.1, 0.15) is 24.3 Å². The molecule has 2 rings (SSSR count). The van der Waals surface area contributed by atoms with Crippen molar-refractivity contribution in [3.8, 4) is 0 Å². The van der Waals surface area contributed by atoms with Crippen molar-refractivity contribution in [3.63, 3.8) is 0 Å². The van der Waals surface area contributed by atoms with Crippen LogP contribution in [0.2, 0.25) is 0 Å². The molecule has 12 heavy (non-hydrogen) atoms. The van der Waals surface area contributed by atoms with Crippen LogP contribution in [-0.2, 0) is 12.8 Å². The molecule has 2 N–H and O–H groups in total. The fourth-order valence-corrected chi connectivity index (χ4v) is 1.48. The fraction of sp³-hybridized carbons (Fsp3) is 0.571. The number of aromatic nitrogens is 1. The highest BCUT2D eigenvalue weighted by molar-refractivity contribution is 6.55. The van der Waals surface area contributed by atoms with Crippen LogP contribution >= 0.6 is 0 Å². The van der Waals surface area contributed by atoms with Crippen LogP contribution in [0.3, 0.4) is 0 Å². The van der Waals surface area contributed by atoms with E-state index in [1.54, 1.807) is 0 Å². The molecular formula is C7H10BNO3. The third kappa shape index (κ3) is 1.25. The molecule has 0 fully saturated rings. The molecule has 0 amide bonds. The minimum absolute atomic E-state index is 0.0295. The lowest BCUT2D eigenvalue weighted by Crippen LogP contribution is -2.30. The van der Waals surface area contributed by atoms with Crippen LogP contribution in [0.15, 0.2) is 4.42 Å². The van der Waals surface area contributed by atoms with Crippen LogP contribution in [0, 0.1) is 0 Å². The third-order valence-electron chi connectivity index (χ3n) is 2.08. The Hall–Kier alpha value is -0.805. The molecule has 0 unspecified atom stereocenters. The molecule has 0 aromatic carbocycles. The van der Waals surface area contributed by atoms with Gasteiger partial charge in [0.15, 0.2) is 0 Å². The summed E-state index contributed by atoms with van der Waals surface area (Å²) in [5.74, 6) is 0.853. The van der Waals surface area contributed by atoms with Gasteiger partial charge in [-0.15, -0.1) is 0 Å². The molecule has 4 nitrogen and oxygen atoms in total. The maximum absolute atomic E-state index is 8.77. The smallest absolute Gasteiger partial charge is 0.448 e. The summed E-state index contributed by atoms with van der Waals surface area (Å²) in [7, 11) is -1.57. The van der Waals surface area contributed by atoms with Gasteiger partial charge in [0.2, 0.25) is 5.79 Å². The first-order valence-electron chi connectivity index (χ1n) is 4.12. The Morgan fingerprint density at radius 3 is 2.67 bits per heavy atom. The summed E-state index contributed by atoms with van der Waals surface area (Å²) in [4.78, 5) is 3.98. The van der Waals surface area contributed by atoms with E-state index in [-0.39, 0.29) is 5.79 Å². The van der Waals surface area contributed by atoms with Gasteiger partial charge < -0.3 is 14.5 Å². The molecule has 64 valence electrons. The highest BCUT2D eigenvalue weighted by Gasteiger charge is 2.23. The van der Waals surface area contributed by atoms with Gasteiger partial charge in [0.1, 0.15) is 5.76 Å². The summed E-state index contributed by atoms with van der Waals surface area (Å²) in [6, 6.07) is 0. The first-order valence-corrected chi connectivity index (χ1v) is 4.12. The lowest BCUT2D eigenvalue weighted by molar-refractivity contribution is 0.400. The monoisotopic (exact) mass is 167 g/mol. The van der Waals surface area contributed by atoms with E-state index in [4.69, 9.17) is 14.5 Å². The average Bonchev–Trinajstić information content (AvgIpc) is 2.46. The second-order valence-corrected chi connectivity index (χ2v) is 3.00. The zero-order valence-electron chi connectivity index (χ0n) is 6.66. The molecule has 0 radical (unpaired) electrons. The van der Waals surface area contributed by atoms with Crippen LogP contribution in [0.25, 0.3) is 0 Å². The molecule has 0 saturated carbocycles. The highest BCUT2D eigenvalue weighted by Crippen LogP contribution is 2.18. The molecule has 1 aromatic rings. The van der Waals surface area contributed by atoms with E-state index in [0.29, 0.717) is 0 Å². The van der Waals surface area contributed by atoms with Gasteiger partial charge in [-0.05, 0) is 19.3 Å². The molecule has 1 aliphatic carbocycles. The fourth-order valence-electron chi connectivity index (χ4n) is 1.48. The number of oxazole rings is 1. The Bertz CT molecular complexity index is 261. The highest BCUT2D eigenvalue weighted by atomic mass is 16.4. The number of nitrogens with zero attached hydrogens (tertiary/aromatic N) is 1. The number of rotatable bonds is 1. The van der Waals surface area contributed by atoms with Crippen molar-refractivity contribution in [2.24, 2.45) is 0 Å². The quantitative estimate of drug-likeness (QED) is 0.539. The van der Waals surface area contributed by atoms with Crippen molar-refractivity contribution in [2.75, 3.05) is 0 Å². The third-order valence-corrected chi connectivity index (χ3v) is 2.08. The molecule has 5 heteroatoms. The molecule has 0 saturated heterocycles. The van der Waals surface area contributed by atoms with Crippen molar-refractivity contribution >= 4 is 12.9 Å². The van der Waals surface area contributed by atoms with Crippen molar-refractivity contribution in [3.05, 3.63) is 11.5 Å². The molecule has 1 aliphatic rings. The van der Waals surface area contributed by atoms with Gasteiger partial charge in [-0.2, -0.15) is 0 Å². The second-order valence-electron chi connectivity index (χ2n) is 3.00. The molecule has 0 aliphatic heterocycles. The maximum Gasteiger partial charge on any atom is 0.548 e. The molecule has 0 spiro atoms. The van der Waals surface area contributed by atoms with Gasteiger partial charge in [-0.3, -0.25) is 0 Å². The van der Waals surface area contributed by atoms with Crippen molar-refractivity contribution in [2.45, 2.75) is 25.7 Å². The summed E-state index contributed by atoms with van der Waals surface area (Å²) in [5, 5.41) is 17.5. The van der Waals surface area contributed by atoms with Gasteiger partial charge in [-0.1, -0.05) is 0 Å². The van der Waals surface area contributed by atoms with Crippen molar-refractivity contribution in [1.29, 1.82) is 0 Å². The van der Waals surface area contributed by atoms with Gasteiger partial charge >= 0.3 is 7.12 Å². The van der Waals surface area contributed by atoms with Crippen LogP contribution in [-0.4, -0.2) is 22.2 Å². The zero-order chi connectivity index (χ0) is 8.55. The van der Waals surface area contributed by atoms with Crippen molar-refractivity contribution < 1.29 is 14.5 Å². The summed E-state index contributed by atoms with van der Waals surface area (Å²) >= 11 is 0. The minimum atomic E-state index is -1.57. The summed E-state index contributed by atoms with van der Waals surface area (Å²) < 4.78 is 5.16. The maximum atomic E-state index is 8.77. The molecule has 0 bridgehead atoms. The molecule has 1 heterocycles. The molecule has 0 atom stereocenters. The number of fused-ring (bicyclic) bond motifs is 1. The van der Waals surface area contributed by atoms with Crippen LogP contribution < -0.4 is 5.79 Å². The van der Waals surface area contributed by atoms with Gasteiger partial charge in [-0.25, -0.2) is 4.98 Å². The number of hydrogen-bond donors (Lipinski definition) is 2. The normalized spacial score (nSPS) is 15.8. The van der Waals surface area contributed by atoms with Gasteiger partial charge in [0, 0.05) is 6.42 Å². The summed E-state index contributed by atoms with van der Waals surface area (Å²) in [5.41, 5.74) is 0.893. The average molecular weight is 167 g/mol. The Morgan fingerprint density at radius 1 is 1.25 bits per heavy atom. The standard InChI is InChI=1S/C7H10BNO3/c10-8(11)7-9-5-3-1-2-4-6(5)12-7/h10-11H,1-4H2. The zero-order valence-corrected chi connectivity index (χ0v) is 6.66. The van der Waals surface area contributed by atoms with E-state index < -0.39 is 7.12 Å². The Kier molecular flexibility index (Phi) is 1.90. The number of aryl methyl sites for hydroxylation is 2. The lowest BCUT2D eigenvalue weighted by atomic mass is 9.92. The molecule has 1 aromatic heterocycles. The Morgan fingerprint density at radius 2 is 2.00 bits per heavy atom. The molecular weight excluding hydrogens is 157 g/mol. The van der Waals surface area contributed by atoms with E-state index in [1.807, 2.05) is 0 Å². The minimum Gasteiger partial charge on any atom is -0.448 e. The first-order chi connectivity index (χ1) is 5.77. The summed E-state index contributed by atoms with van der Waals surface area (Å²) in [6.45, 7) is 0. The van der Waals surface area contributed by atoms with E-state index in [2.05, 4.69) is 4.98 Å². The summed E-state index contributed by atoms with van der Waals surface area (Å²) in [6.07, 6.45) is 3.98. The van der Waals surface area contributed by atoms with Gasteiger partial charge in [0.25, 0.3) is 0 Å². The lowest BCUT2D eigenvalue weighted by Gasteiger charge is -2.05. The van der Waals surface area contributed by atoms with Crippen molar-refractivity contribution in [1.82, 2.24) is 4.98 Å². The van der Waals surface area contributed by atoms with E-state index >= 15 is 0 Å². The largest absolute Gasteiger partial charge is 0.548 e. The first kappa shape index (κ1) is 7.82. The Labute approximate surface area is 70.4 Å². The van der Waals surface area contributed by atoms with Crippen LogP contribution in [0.5, 0.6) is 0 Å².